The van der Waals surface area contributed by atoms with Crippen LogP contribution in [-0.4, -0.2) is 36.6 Å². The lowest BCUT2D eigenvalue weighted by Gasteiger charge is -2.20. The number of amidine groups is 2. The van der Waals surface area contributed by atoms with E-state index in [0.717, 1.165) is 39.2 Å². The molecule has 1 amide bonds. The number of nitrogens with one attached hydrogen (secondary N) is 1. The molecule has 2 aliphatic rings. The van der Waals surface area contributed by atoms with Crippen LogP contribution >= 0.6 is 23.5 Å². The number of hydrogen-bond acceptors (Lipinski definition) is 5. The third-order valence-electron chi connectivity index (χ3n) is 5.08. The molecule has 6 nitrogen and oxygen atoms in total. The van der Waals surface area contributed by atoms with Gasteiger partial charge in [-0.1, -0.05) is 37.7 Å². The Bertz CT molecular complexity index is 1130. The van der Waals surface area contributed by atoms with Gasteiger partial charge in [-0.15, -0.1) is 5.10 Å². The van der Waals surface area contributed by atoms with E-state index in [9.17, 15) is 4.79 Å². The zero-order valence-electron chi connectivity index (χ0n) is 17.4. The molecule has 154 valence electrons. The van der Waals surface area contributed by atoms with E-state index in [1.54, 1.807) is 17.8 Å². The van der Waals surface area contributed by atoms with Crippen LogP contribution in [0.25, 0.3) is 11.8 Å². The fraction of sp³-hybridized carbons (Fsp3) is 0.273. The third kappa shape index (κ3) is 3.65. The summed E-state index contributed by atoms with van der Waals surface area (Å²) in [7, 11) is 0. The molecule has 3 heterocycles. The van der Waals surface area contributed by atoms with Gasteiger partial charge in [-0.3, -0.25) is 10.2 Å². The van der Waals surface area contributed by atoms with E-state index in [2.05, 4.69) is 45.9 Å². The minimum atomic E-state index is -0.395. The zero-order chi connectivity index (χ0) is 21.4. The molecule has 1 aromatic heterocycles. The van der Waals surface area contributed by atoms with E-state index in [-0.39, 0.29) is 11.4 Å². The van der Waals surface area contributed by atoms with Gasteiger partial charge in [0.05, 0.1) is 5.57 Å². The summed E-state index contributed by atoms with van der Waals surface area (Å²) in [4.78, 5) is 16.8. The number of amides is 1. The van der Waals surface area contributed by atoms with Gasteiger partial charge in [0.15, 0.2) is 10.2 Å². The van der Waals surface area contributed by atoms with Gasteiger partial charge in [0.25, 0.3) is 5.91 Å². The standard InChI is InChI=1S/C22H23N5OS2/c1-5-15-7-9-17(10-8-15)26-13(3)11-16(14(26)4)12-18-19(23)27-21(24-20(18)28)30-22(25-27)29-6-2/h7-12,23H,5-6H2,1-4H3/b18-12-,23-19?. The topological polar surface area (TPSA) is 73.8 Å². The summed E-state index contributed by atoms with van der Waals surface area (Å²) in [5.74, 6) is 0.553. The second-order valence-corrected chi connectivity index (χ2v) is 9.47. The third-order valence-corrected chi connectivity index (χ3v) is 7.00. The van der Waals surface area contributed by atoms with E-state index in [4.69, 9.17) is 5.41 Å². The van der Waals surface area contributed by atoms with Gasteiger partial charge in [-0.05, 0) is 73.2 Å². The number of hydrogen-bond donors (Lipinski definition) is 1. The van der Waals surface area contributed by atoms with Gasteiger partial charge >= 0.3 is 0 Å². The summed E-state index contributed by atoms with van der Waals surface area (Å²) in [6.07, 6.45) is 2.76. The maximum absolute atomic E-state index is 12.7. The summed E-state index contributed by atoms with van der Waals surface area (Å²) in [6, 6.07) is 10.5. The molecule has 8 heteroatoms. The molecule has 0 bridgehead atoms. The van der Waals surface area contributed by atoms with E-state index in [1.165, 1.54) is 22.3 Å². The molecule has 0 fully saturated rings. The van der Waals surface area contributed by atoms with Crippen molar-refractivity contribution in [2.24, 2.45) is 10.1 Å². The fourth-order valence-electron chi connectivity index (χ4n) is 3.52. The molecule has 0 atom stereocenters. The van der Waals surface area contributed by atoms with Crippen LogP contribution in [0.4, 0.5) is 0 Å². The number of carbonyl (C=O) groups is 1. The largest absolute Gasteiger partial charge is 0.318 e. The molecule has 0 saturated carbocycles. The van der Waals surface area contributed by atoms with Crippen LogP contribution in [0.1, 0.15) is 36.4 Å². The van der Waals surface area contributed by atoms with Crippen molar-refractivity contribution in [1.82, 2.24) is 9.58 Å². The molecule has 4 rings (SSSR count). The Hall–Kier alpha value is -2.58. The first kappa shape index (κ1) is 20.7. The number of thioether (sulfide) groups is 2. The van der Waals surface area contributed by atoms with Crippen LogP contribution in [0.2, 0.25) is 0 Å². The molecular weight excluding hydrogens is 414 g/mol. The first-order valence-corrected chi connectivity index (χ1v) is 11.6. The molecule has 2 aliphatic heterocycles. The summed E-state index contributed by atoms with van der Waals surface area (Å²) in [6.45, 7) is 8.25. The Balaban J connectivity index is 1.70. The average Bonchev–Trinajstić information content (AvgIpc) is 3.25. The normalized spacial score (nSPS) is 17.5. The van der Waals surface area contributed by atoms with Crippen LogP contribution in [0.5, 0.6) is 0 Å². The predicted octanol–water partition coefficient (Wildman–Crippen LogP) is 4.99. The van der Waals surface area contributed by atoms with Gasteiger partial charge in [0, 0.05) is 17.1 Å². The summed E-state index contributed by atoms with van der Waals surface area (Å²) in [5, 5.41) is 14.9. The van der Waals surface area contributed by atoms with Crippen molar-refractivity contribution in [3.05, 3.63) is 58.4 Å². The second-order valence-electron chi connectivity index (χ2n) is 7.00. The highest BCUT2D eigenvalue weighted by Crippen LogP contribution is 2.33. The lowest BCUT2D eigenvalue weighted by atomic mass is 10.1. The van der Waals surface area contributed by atoms with Crippen molar-refractivity contribution in [3.8, 4) is 5.69 Å². The molecule has 0 spiro atoms. The molecule has 1 N–H and O–H groups in total. The summed E-state index contributed by atoms with van der Waals surface area (Å²) >= 11 is 2.92. The molecule has 0 unspecified atom stereocenters. The van der Waals surface area contributed by atoms with Crippen LogP contribution < -0.4 is 0 Å². The number of rotatable bonds is 4. The van der Waals surface area contributed by atoms with Crippen molar-refractivity contribution in [1.29, 1.82) is 5.41 Å². The summed E-state index contributed by atoms with van der Waals surface area (Å²) in [5.41, 5.74) is 5.62. The van der Waals surface area contributed by atoms with Crippen LogP contribution in [0, 0.1) is 19.3 Å². The number of nitrogens with zero attached hydrogens (tertiary/aromatic N) is 4. The highest BCUT2D eigenvalue weighted by atomic mass is 32.2. The minimum absolute atomic E-state index is 0.0707. The van der Waals surface area contributed by atoms with Crippen LogP contribution in [0.3, 0.4) is 0 Å². The highest BCUT2D eigenvalue weighted by molar-refractivity contribution is 8.45. The lowest BCUT2D eigenvalue weighted by molar-refractivity contribution is -0.114. The highest BCUT2D eigenvalue weighted by Gasteiger charge is 2.35. The van der Waals surface area contributed by atoms with Gasteiger partial charge in [0.2, 0.25) is 5.17 Å². The number of benzene rings is 1. The van der Waals surface area contributed by atoms with E-state index in [1.807, 2.05) is 26.8 Å². The number of aromatic nitrogens is 1. The van der Waals surface area contributed by atoms with E-state index in [0.29, 0.717) is 5.17 Å². The fourth-order valence-corrected chi connectivity index (χ4v) is 5.35. The predicted molar refractivity (Wildman–Crippen MR) is 128 cm³/mol. The van der Waals surface area contributed by atoms with Gasteiger partial charge < -0.3 is 4.57 Å². The average molecular weight is 438 g/mol. The molecule has 0 saturated heterocycles. The number of hydrazone groups is 1. The van der Waals surface area contributed by atoms with Crippen molar-refractivity contribution >= 4 is 50.9 Å². The Morgan fingerprint density at radius 3 is 2.60 bits per heavy atom. The minimum Gasteiger partial charge on any atom is -0.318 e. The Morgan fingerprint density at radius 1 is 1.20 bits per heavy atom. The van der Waals surface area contributed by atoms with Gasteiger partial charge in [-0.25, -0.2) is 0 Å². The van der Waals surface area contributed by atoms with Gasteiger partial charge in [0.1, 0.15) is 0 Å². The Morgan fingerprint density at radius 2 is 1.93 bits per heavy atom. The Labute approximate surface area is 184 Å². The maximum Gasteiger partial charge on any atom is 0.283 e. The SMILES string of the molecule is CCSC1=NN2C(=N)/C(=C/c3cc(C)n(-c4ccc(CC)cc4)c3C)C(=O)N=C2S1. The van der Waals surface area contributed by atoms with Crippen molar-refractivity contribution in [2.75, 3.05) is 5.75 Å². The van der Waals surface area contributed by atoms with Crippen molar-refractivity contribution in [2.45, 2.75) is 34.1 Å². The Kier molecular flexibility index (Phi) is 5.71. The lowest BCUT2D eigenvalue weighted by Crippen LogP contribution is -2.35. The number of fused-ring (bicyclic) bond motifs is 1. The molecule has 0 radical (unpaired) electrons. The zero-order valence-corrected chi connectivity index (χ0v) is 19.0. The quantitative estimate of drug-likeness (QED) is 0.684. The maximum atomic E-state index is 12.7. The first-order chi connectivity index (χ1) is 14.4. The first-order valence-electron chi connectivity index (χ1n) is 9.84. The van der Waals surface area contributed by atoms with E-state index >= 15 is 0 Å². The van der Waals surface area contributed by atoms with Gasteiger partial charge in [-0.2, -0.15) is 10.0 Å². The molecule has 1 aromatic carbocycles. The smallest absolute Gasteiger partial charge is 0.283 e. The molecular formula is C22H23N5OS2. The van der Waals surface area contributed by atoms with Crippen molar-refractivity contribution < 1.29 is 4.79 Å². The van der Waals surface area contributed by atoms with Crippen molar-refractivity contribution in [3.63, 3.8) is 0 Å². The second kappa shape index (κ2) is 8.28. The van der Waals surface area contributed by atoms with E-state index < -0.39 is 5.91 Å². The number of carbonyl (C=O) groups excluding carboxylic acids is 1. The van der Waals surface area contributed by atoms with Crippen LogP contribution in [0.15, 0.2) is 46.0 Å². The number of aryl methyl sites for hydroxylation is 2. The number of aliphatic imine (C=N–C) groups is 1. The van der Waals surface area contributed by atoms with Crippen LogP contribution in [-0.2, 0) is 11.2 Å². The molecule has 2 aromatic rings. The molecule has 0 aliphatic carbocycles. The molecule has 30 heavy (non-hydrogen) atoms. The summed E-state index contributed by atoms with van der Waals surface area (Å²) < 4.78 is 2.97. The monoisotopic (exact) mass is 437 g/mol.